The van der Waals surface area contributed by atoms with Crippen molar-refractivity contribution in [2.45, 2.75) is 66.3 Å². The van der Waals surface area contributed by atoms with Gasteiger partial charge in [0, 0.05) is 6.04 Å². The molecule has 1 aliphatic carbocycles. The summed E-state index contributed by atoms with van der Waals surface area (Å²) in [4.78, 5) is 0. The minimum Gasteiger partial charge on any atom is -0.313 e. The summed E-state index contributed by atoms with van der Waals surface area (Å²) in [6.45, 7) is 12.9. The van der Waals surface area contributed by atoms with Crippen LogP contribution < -0.4 is 5.32 Å². The van der Waals surface area contributed by atoms with Crippen LogP contribution in [0, 0.1) is 17.3 Å². The molecule has 3 atom stereocenters. The van der Waals surface area contributed by atoms with Gasteiger partial charge in [-0.3, -0.25) is 0 Å². The van der Waals surface area contributed by atoms with E-state index >= 15 is 0 Å². The minimum absolute atomic E-state index is 0.438. The van der Waals surface area contributed by atoms with Crippen LogP contribution in [-0.2, 0) is 0 Å². The Balaban J connectivity index is 2.30. The third-order valence-electron chi connectivity index (χ3n) is 4.35. The van der Waals surface area contributed by atoms with Crippen molar-refractivity contribution in [2.24, 2.45) is 17.3 Å². The van der Waals surface area contributed by atoms with Crippen molar-refractivity contribution < 1.29 is 0 Å². The molecule has 0 aromatic heterocycles. The molecule has 15 heavy (non-hydrogen) atoms. The predicted molar refractivity (Wildman–Crippen MR) is 68.0 cm³/mol. The molecule has 0 bridgehead atoms. The highest BCUT2D eigenvalue weighted by atomic mass is 14.9. The van der Waals surface area contributed by atoms with Gasteiger partial charge in [-0.2, -0.15) is 0 Å². The maximum atomic E-state index is 3.79. The first-order valence-corrected chi connectivity index (χ1v) is 6.68. The molecule has 0 spiro atoms. The van der Waals surface area contributed by atoms with Crippen LogP contribution in [0.2, 0.25) is 0 Å². The highest BCUT2D eigenvalue weighted by molar-refractivity contribution is 4.83. The molecule has 1 saturated carbocycles. The van der Waals surface area contributed by atoms with Crippen molar-refractivity contribution in [3.8, 4) is 0 Å². The molecule has 1 N–H and O–H groups in total. The lowest BCUT2D eigenvalue weighted by Crippen LogP contribution is -2.38. The summed E-state index contributed by atoms with van der Waals surface area (Å²) in [5.41, 5.74) is 0.438. The van der Waals surface area contributed by atoms with Gasteiger partial charge in [-0.15, -0.1) is 0 Å². The summed E-state index contributed by atoms with van der Waals surface area (Å²) < 4.78 is 0. The summed E-state index contributed by atoms with van der Waals surface area (Å²) >= 11 is 0. The largest absolute Gasteiger partial charge is 0.313 e. The topological polar surface area (TPSA) is 12.0 Å². The average molecular weight is 211 g/mol. The summed E-state index contributed by atoms with van der Waals surface area (Å²) in [6, 6.07) is 0.805. The Bertz CT molecular complexity index is 180. The maximum absolute atomic E-state index is 3.79. The minimum atomic E-state index is 0.438. The zero-order chi connectivity index (χ0) is 11.5. The van der Waals surface area contributed by atoms with Crippen LogP contribution in [0.1, 0.15) is 60.3 Å². The molecule has 1 aliphatic rings. The summed E-state index contributed by atoms with van der Waals surface area (Å²) in [7, 11) is 0. The molecular formula is C14H29N. The highest BCUT2D eigenvalue weighted by Gasteiger charge is 2.27. The van der Waals surface area contributed by atoms with E-state index < -0.39 is 0 Å². The van der Waals surface area contributed by atoms with E-state index in [2.05, 4.69) is 39.9 Å². The molecule has 0 aromatic rings. The molecule has 1 fully saturated rings. The van der Waals surface area contributed by atoms with E-state index in [1.807, 2.05) is 0 Å². The van der Waals surface area contributed by atoms with Crippen LogP contribution >= 0.6 is 0 Å². The molecule has 3 unspecified atom stereocenters. The Labute approximate surface area is 96.0 Å². The fourth-order valence-electron chi connectivity index (χ4n) is 2.43. The van der Waals surface area contributed by atoms with Crippen molar-refractivity contribution in [1.29, 1.82) is 0 Å². The van der Waals surface area contributed by atoms with Gasteiger partial charge in [0.2, 0.25) is 0 Å². The fraction of sp³-hybridized carbons (Fsp3) is 1.00. The van der Waals surface area contributed by atoms with Gasteiger partial charge in [-0.25, -0.2) is 0 Å². The fourth-order valence-corrected chi connectivity index (χ4v) is 2.43. The summed E-state index contributed by atoms with van der Waals surface area (Å²) in [6.07, 6.45) is 5.62. The van der Waals surface area contributed by atoms with Crippen LogP contribution in [0.4, 0.5) is 0 Å². The van der Waals surface area contributed by atoms with Crippen LogP contribution in [0.15, 0.2) is 0 Å². The maximum Gasteiger partial charge on any atom is 0.00953 e. The smallest absolute Gasteiger partial charge is 0.00953 e. The second kappa shape index (κ2) is 5.34. The SMILES string of the molecule is CCC1CCCC1NCC(C)C(C)(C)C. The van der Waals surface area contributed by atoms with Crippen molar-refractivity contribution >= 4 is 0 Å². The normalized spacial score (nSPS) is 29.4. The molecular weight excluding hydrogens is 182 g/mol. The summed E-state index contributed by atoms with van der Waals surface area (Å²) in [5.74, 6) is 1.70. The number of hydrogen-bond donors (Lipinski definition) is 1. The third kappa shape index (κ3) is 3.79. The molecule has 0 radical (unpaired) electrons. The predicted octanol–water partition coefficient (Wildman–Crippen LogP) is 3.84. The molecule has 0 aliphatic heterocycles. The van der Waals surface area contributed by atoms with Gasteiger partial charge in [0.25, 0.3) is 0 Å². The molecule has 0 saturated heterocycles. The molecule has 0 aromatic carbocycles. The van der Waals surface area contributed by atoms with Gasteiger partial charge >= 0.3 is 0 Å². The standard InChI is InChI=1S/C14H29N/c1-6-12-8-7-9-13(12)15-10-11(2)14(3,4)5/h11-13,15H,6-10H2,1-5H3. The number of hydrogen-bond acceptors (Lipinski definition) is 1. The first kappa shape index (κ1) is 13.0. The average Bonchev–Trinajstić information content (AvgIpc) is 2.59. The van der Waals surface area contributed by atoms with Gasteiger partial charge in [0.15, 0.2) is 0 Å². The summed E-state index contributed by atoms with van der Waals surface area (Å²) in [5, 5.41) is 3.79. The van der Waals surface area contributed by atoms with E-state index in [4.69, 9.17) is 0 Å². The van der Waals surface area contributed by atoms with Gasteiger partial charge < -0.3 is 5.32 Å². The van der Waals surface area contributed by atoms with Crippen LogP contribution in [-0.4, -0.2) is 12.6 Å². The van der Waals surface area contributed by atoms with E-state index in [1.165, 1.54) is 32.2 Å². The van der Waals surface area contributed by atoms with Gasteiger partial charge in [-0.1, -0.05) is 47.5 Å². The van der Waals surface area contributed by atoms with Crippen LogP contribution in [0.25, 0.3) is 0 Å². The highest BCUT2D eigenvalue weighted by Crippen LogP contribution is 2.29. The van der Waals surface area contributed by atoms with Crippen LogP contribution in [0.5, 0.6) is 0 Å². The lowest BCUT2D eigenvalue weighted by molar-refractivity contribution is 0.236. The molecule has 1 nitrogen and oxygen atoms in total. The van der Waals surface area contributed by atoms with E-state index in [0.29, 0.717) is 5.41 Å². The van der Waals surface area contributed by atoms with Gasteiger partial charge in [0.05, 0.1) is 0 Å². The molecule has 90 valence electrons. The zero-order valence-electron chi connectivity index (χ0n) is 11.3. The van der Waals surface area contributed by atoms with Gasteiger partial charge in [-0.05, 0) is 36.6 Å². The second-order valence-electron chi connectivity index (χ2n) is 6.38. The van der Waals surface area contributed by atoms with E-state index in [-0.39, 0.29) is 0 Å². The van der Waals surface area contributed by atoms with Crippen molar-refractivity contribution in [3.05, 3.63) is 0 Å². The quantitative estimate of drug-likeness (QED) is 0.745. The molecule has 0 heterocycles. The van der Waals surface area contributed by atoms with E-state index in [1.54, 1.807) is 0 Å². The first-order valence-electron chi connectivity index (χ1n) is 6.68. The Morgan fingerprint density at radius 1 is 1.27 bits per heavy atom. The Morgan fingerprint density at radius 2 is 1.93 bits per heavy atom. The van der Waals surface area contributed by atoms with Crippen LogP contribution in [0.3, 0.4) is 0 Å². The molecule has 0 amide bonds. The number of rotatable bonds is 4. The Kier molecular flexibility index (Phi) is 4.64. The first-order chi connectivity index (χ1) is 6.95. The van der Waals surface area contributed by atoms with E-state index in [9.17, 15) is 0 Å². The zero-order valence-corrected chi connectivity index (χ0v) is 11.3. The molecule has 1 heteroatoms. The van der Waals surface area contributed by atoms with Crippen molar-refractivity contribution in [2.75, 3.05) is 6.54 Å². The van der Waals surface area contributed by atoms with Gasteiger partial charge in [0.1, 0.15) is 0 Å². The molecule has 1 rings (SSSR count). The monoisotopic (exact) mass is 211 g/mol. The third-order valence-corrected chi connectivity index (χ3v) is 4.35. The lowest BCUT2D eigenvalue weighted by atomic mass is 9.82. The van der Waals surface area contributed by atoms with Crippen molar-refractivity contribution in [3.63, 3.8) is 0 Å². The number of nitrogens with one attached hydrogen (secondary N) is 1. The second-order valence-corrected chi connectivity index (χ2v) is 6.38. The van der Waals surface area contributed by atoms with E-state index in [0.717, 1.165) is 17.9 Å². The Morgan fingerprint density at radius 3 is 2.47 bits per heavy atom. The van der Waals surface area contributed by atoms with Crippen molar-refractivity contribution in [1.82, 2.24) is 5.32 Å². The Hall–Kier alpha value is -0.0400. The lowest BCUT2D eigenvalue weighted by Gasteiger charge is -2.30.